The number of pyridine rings is 1. The van der Waals surface area contributed by atoms with Crippen molar-refractivity contribution in [2.24, 2.45) is 0 Å². The molecular weight excluding hydrogens is 284 g/mol. The first-order valence-corrected chi connectivity index (χ1v) is 7.21. The van der Waals surface area contributed by atoms with Gasteiger partial charge in [0.2, 0.25) is 0 Å². The average molecular weight is 296 g/mol. The lowest BCUT2D eigenvalue weighted by atomic mass is 10.2. The number of benzene rings is 1. The van der Waals surface area contributed by atoms with E-state index in [1.54, 1.807) is 25.3 Å². The van der Waals surface area contributed by atoms with Crippen LogP contribution >= 0.6 is 11.3 Å². The van der Waals surface area contributed by atoms with E-state index in [4.69, 9.17) is 0 Å². The third kappa shape index (κ3) is 2.55. The summed E-state index contributed by atoms with van der Waals surface area (Å²) in [6.45, 7) is 1.80. The van der Waals surface area contributed by atoms with E-state index in [0.29, 0.717) is 21.8 Å². The minimum Gasteiger partial charge on any atom is -0.321 e. The second-order valence-corrected chi connectivity index (χ2v) is 5.66. The Labute approximate surface area is 125 Å². The van der Waals surface area contributed by atoms with Gasteiger partial charge in [-0.15, -0.1) is 11.3 Å². The van der Waals surface area contributed by atoms with Gasteiger partial charge in [0, 0.05) is 11.9 Å². The molecule has 0 radical (unpaired) electrons. The Bertz CT molecular complexity index is 839. The lowest BCUT2D eigenvalue weighted by molar-refractivity contribution is 0.102. The zero-order valence-electron chi connectivity index (χ0n) is 11.3. The SMILES string of the molecule is Cc1ncccc1C(=O)Nc1cccc2cc(C=O)sc12. The van der Waals surface area contributed by atoms with E-state index >= 15 is 0 Å². The minimum atomic E-state index is -0.200. The number of aromatic nitrogens is 1. The number of aryl methyl sites for hydroxylation is 1. The van der Waals surface area contributed by atoms with E-state index < -0.39 is 0 Å². The summed E-state index contributed by atoms with van der Waals surface area (Å²) in [7, 11) is 0. The number of nitrogens with one attached hydrogen (secondary N) is 1. The van der Waals surface area contributed by atoms with Gasteiger partial charge in [0.25, 0.3) is 5.91 Å². The Balaban J connectivity index is 1.98. The van der Waals surface area contributed by atoms with Gasteiger partial charge in [-0.2, -0.15) is 0 Å². The van der Waals surface area contributed by atoms with E-state index in [0.717, 1.165) is 16.4 Å². The molecule has 0 spiro atoms. The topological polar surface area (TPSA) is 59.1 Å². The second-order valence-electron chi connectivity index (χ2n) is 4.58. The molecule has 5 heteroatoms. The predicted octanol–water partition coefficient (Wildman–Crippen LogP) is 3.67. The molecule has 0 saturated heterocycles. The number of hydrogen-bond donors (Lipinski definition) is 1. The molecule has 0 atom stereocenters. The second kappa shape index (κ2) is 5.46. The number of hydrogen-bond acceptors (Lipinski definition) is 4. The van der Waals surface area contributed by atoms with Gasteiger partial charge >= 0.3 is 0 Å². The Morgan fingerprint density at radius 1 is 1.29 bits per heavy atom. The fraction of sp³-hybridized carbons (Fsp3) is 0.0625. The number of fused-ring (bicyclic) bond motifs is 1. The maximum absolute atomic E-state index is 12.3. The van der Waals surface area contributed by atoms with E-state index in [1.807, 2.05) is 24.3 Å². The van der Waals surface area contributed by atoms with Gasteiger partial charge in [-0.05, 0) is 36.6 Å². The molecule has 1 N–H and O–H groups in total. The summed E-state index contributed by atoms with van der Waals surface area (Å²) in [4.78, 5) is 28.0. The van der Waals surface area contributed by atoms with Gasteiger partial charge < -0.3 is 5.32 Å². The molecule has 2 heterocycles. The van der Waals surface area contributed by atoms with Crippen molar-refractivity contribution < 1.29 is 9.59 Å². The minimum absolute atomic E-state index is 0.200. The summed E-state index contributed by atoms with van der Waals surface area (Å²) >= 11 is 1.37. The van der Waals surface area contributed by atoms with Crippen LogP contribution < -0.4 is 5.32 Å². The monoisotopic (exact) mass is 296 g/mol. The van der Waals surface area contributed by atoms with Crippen molar-refractivity contribution in [3.63, 3.8) is 0 Å². The van der Waals surface area contributed by atoms with Crippen LogP contribution in [0.1, 0.15) is 25.7 Å². The van der Waals surface area contributed by atoms with E-state index in [9.17, 15) is 9.59 Å². The average Bonchev–Trinajstić information content (AvgIpc) is 2.92. The number of anilines is 1. The van der Waals surface area contributed by atoms with Gasteiger partial charge in [0.1, 0.15) is 0 Å². The first kappa shape index (κ1) is 13.5. The standard InChI is InChI=1S/C16H12N2O2S/c1-10-13(5-3-7-17-10)16(20)18-14-6-2-4-11-8-12(9-19)21-15(11)14/h2-9H,1H3,(H,18,20). The summed E-state index contributed by atoms with van der Waals surface area (Å²) in [5.74, 6) is -0.200. The normalized spacial score (nSPS) is 10.5. The van der Waals surface area contributed by atoms with Gasteiger partial charge in [0.15, 0.2) is 6.29 Å². The quantitative estimate of drug-likeness (QED) is 0.750. The van der Waals surface area contributed by atoms with Gasteiger partial charge in [-0.3, -0.25) is 14.6 Å². The largest absolute Gasteiger partial charge is 0.321 e. The molecule has 3 rings (SSSR count). The molecular formula is C16H12N2O2S. The summed E-state index contributed by atoms with van der Waals surface area (Å²) < 4.78 is 0.898. The van der Waals surface area contributed by atoms with Crippen LogP contribution in [0, 0.1) is 6.92 Å². The first-order valence-electron chi connectivity index (χ1n) is 6.40. The molecule has 0 unspecified atom stereocenters. The molecule has 0 fully saturated rings. The zero-order valence-corrected chi connectivity index (χ0v) is 12.1. The molecule has 0 aliphatic rings. The van der Waals surface area contributed by atoms with Gasteiger partial charge in [-0.1, -0.05) is 12.1 Å². The number of aldehydes is 1. The van der Waals surface area contributed by atoms with Crippen LogP contribution in [0.3, 0.4) is 0 Å². The number of amides is 1. The molecule has 2 aromatic heterocycles. The smallest absolute Gasteiger partial charge is 0.257 e. The molecule has 0 aliphatic heterocycles. The van der Waals surface area contributed by atoms with Crippen molar-refractivity contribution >= 4 is 39.3 Å². The van der Waals surface area contributed by atoms with Crippen LogP contribution in [0.15, 0.2) is 42.6 Å². The van der Waals surface area contributed by atoms with Crippen molar-refractivity contribution in [3.05, 3.63) is 58.7 Å². The molecule has 4 nitrogen and oxygen atoms in total. The number of thiophene rings is 1. The Kier molecular flexibility index (Phi) is 3.50. The fourth-order valence-electron chi connectivity index (χ4n) is 2.15. The van der Waals surface area contributed by atoms with Crippen LogP contribution in [-0.2, 0) is 0 Å². The van der Waals surface area contributed by atoms with Crippen LogP contribution in [0.5, 0.6) is 0 Å². The van der Waals surface area contributed by atoms with Crippen molar-refractivity contribution in [1.29, 1.82) is 0 Å². The van der Waals surface area contributed by atoms with Crippen LogP contribution in [0.4, 0.5) is 5.69 Å². The maximum atomic E-state index is 12.3. The van der Waals surface area contributed by atoms with Crippen molar-refractivity contribution in [2.45, 2.75) is 6.92 Å². The third-order valence-electron chi connectivity index (χ3n) is 3.18. The van der Waals surface area contributed by atoms with Crippen molar-refractivity contribution in [3.8, 4) is 0 Å². The molecule has 0 aliphatic carbocycles. The molecule has 0 saturated carbocycles. The van der Waals surface area contributed by atoms with Crippen molar-refractivity contribution in [1.82, 2.24) is 4.98 Å². The number of carbonyl (C=O) groups excluding carboxylic acids is 2. The molecule has 3 aromatic rings. The summed E-state index contributed by atoms with van der Waals surface area (Å²) in [6.07, 6.45) is 2.48. The molecule has 1 amide bonds. The van der Waals surface area contributed by atoms with Crippen LogP contribution in [0.25, 0.3) is 10.1 Å². The maximum Gasteiger partial charge on any atom is 0.257 e. The third-order valence-corrected chi connectivity index (χ3v) is 4.29. The highest BCUT2D eigenvalue weighted by Gasteiger charge is 2.12. The lowest BCUT2D eigenvalue weighted by Gasteiger charge is -2.07. The Hall–Kier alpha value is -2.53. The molecule has 1 aromatic carbocycles. The highest BCUT2D eigenvalue weighted by molar-refractivity contribution is 7.21. The number of nitrogens with zero attached hydrogens (tertiary/aromatic N) is 1. The summed E-state index contributed by atoms with van der Waals surface area (Å²) in [6, 6.07) is 10.9. The molecule has 0 bridgehead atoms. The highest BCUT2D eigenvalue weighted by Crippen LogP contribution is 2.31. The Morgan fingerprint density at radius 3 is 2.90 bits per heavy atom. The number of carbonyl (C=O) groups is 2. The fourth-order valence-corrected chi connectivity index (χ4v) is 3.10. The predicted molar refractivity (Wildman–Crippen MR) is 84.1 cm³/mol. The zero-order chi connectivity index (χ0) is 14.8. The Morgan fingerprint density at radius 2 is 2.14 bits per heavy atom. The van der Waals surface area contributed by atoms with Crippen LogP contribution in [0.2, 0.25) is 0 Å². The van der Waals surface area contributed by atoms with Gasteiger partial charge in [-0.25, -0.2) is 0 Å². The van der Waals surface area contributed by atoms with E-state index in [1.165, 1.54) is 11.3 Å². The molecule has 21 heavy (non-hydrogen) atoms. The van der Waals surface area contributed by atoms with E-state index in [2.05, 4.69) is 10.3 Å². The summed E-state index contributed by atoms with van der Waals surface area (Å²) in [5.41, 5.74) is 1.93. The first-order chi connectivity index (χ1) is 10.2. The van der Waals surface area contributed by atoms with Crippen LogP contribution in [-0.4, -0.2) is 17.2 Å². The highest BCUT2D eigenvalue weighted by atomic mass is 32.1. The lowest BCUT2D eigenvalue weighted by Crippen LogP contribution is -2.13. The van der Waals surface area contributed by atoms with E-state index in [-0.39, 0.29) is 5.91 Å². The van der Waals surface area contributed by atoms with Gasteiger partial charge in [0.05, 0.1) is 20.8 Å². The number of rotatable bonds is 3. The summed E-state index contributed by atoms with van der Waals surface area (Å²) in [5, 5.41) is 3.84. The van der Waals surface area contributed by atoms with Crippen molar-refractivity contribution in [2.75, 3.05) is 5.32 Å². The molecule has 104 valence electrons.